The Hall–Kier alpha value is -1.72. The predicted molar refractivity (Wildman–Crippen MR) is 61.7 cm³/mol. The van der Waals surface area contributed by atoms with E-state index in [4.69, 9.17) is 0 Å². The summed E-state index contributed by atoms with van der Waals surface area (Å²) in [6.45, 7) is 0. The largest absolute Gasteiger partial charge is 0.349 e. The summed E-state index contributed by atoms with van der Waals surface area (Å²) in [6, 6.07) is 2.44. The van der Waals surface area contributed by atoms with Gasteiger partial charge < -0.3 is 10.3 Å². The van der Waals surface area contributed by atoms with Gasteiger partial charge in [0.05, 0.1) is 5.56 Å². The lowest BCUT2D eigenvalue weighted by Crippen LogP contribution is -2.40. The highest BCUT2D eigenvalue weighted by molar-refractivity contribution is 5.93. The van der Waals surface area contributed by atoms with E-state index >= 15 is 0 Å². The summed E-state index contributed by atoms with van der Waals surface area (Å²) in [4.78, 5) is 25.0. The normalized spacial score (nSPS) is 19.4. The molecule has 1 heterocycles. The molecule has 0 atom stereocenters. The number of H-pyrrole nitrogens is 1. The van der Waals surface area contributed by atoms with Gasteiger partial charge in [0.2, 0.25) is 11.5 Å². The second-order valence-electron chi connectivity index (χ2n) is 4.55. The molecule has 0 radical (unpaired) electrons. The average molecular weight is 256 g/mol. The van der Waals surface area contributed by atoms with Crippen molar-refractivity contribution in [3.8, 4) is 0 Å². The third-order valence-corrected chi connectivity index (χ3v) is 3.10. The molecule has 0 aliphatic heterocycles. The quantitative estimate of drug-likeness (QED) is 0.845. The van der Waals surface area contributed by atoms with Crippen molar-refractivity contribution >= 4 is 5.91 Å². The molecule has 2 N–H and O–H groups in total. The van der Waals surface area contributed by atoms with Crippen LogP contribution >= 0.6 is 0 Å². The van der Waals surface area contributed by atoms with Crippen LogP contribution < -0.4 is 10.9 Å². The maximum absolute atomic E-state index is 12.9. The number of alkyl halides is 2. The van der Waals surface area contributed by atoms with Crippen molar-refractivity contribution in [1.29, 1.82) is 0 Å². The van der Waals surface area contributed by atoms with Crippen LogP contribution in [-0.2, 0) is 0 Å². The zero-order valence-corrected chi connectivity index (χ0v) is 9.71. The lowest BCUT2D eigenvalue weighted by molar-refractivity contribution is -0.0399. The summed E-state index contributed by atoms with van der Waals surface area (Å²) in [5.74, 6) is -2.94. The van der Waals surface area contributed by atoms with Crippen LogP contribution in [0.4, 0.5) is 8.78 Å². The van der Waals surface area contributed by atoms with Crippen LogP contribution in [0, 0.1) is 0 Å². The first-order chi connectivity index (χ1) is 8.46. The van der Waals surface area contributed by atoms with Crippen LogP contribution in [0.3, 0.4) is 0 Å². The SMILES string of the molecule is O=C(NC1CCC(F)(F)CC1)c1ccc(=O)[nH]c1. The van der Waals surface area contributed by atoms with Gasteiger partial charge in [0.15, 0.2) is 0 Å². The van der Waals surface area contributed by atoms with E-state index in [-0.39, 0.29) is 43.2 Å². The van der Waals surface area contributed by atoms with Crippen molar-refractivity contribution < 1.29 is 13.6 Å². The maximum atomic E-state index is 12.9. The molecule has 1 saturated carbocycles. The molecular weight excluding hydrogens is 242 g/mol. The molecule has 1 aliphatic rings. The fourth-order valence-electron chi connectivity index (χ4n) is 2.01. The Morgan fingerprint density at radius 2 is 2.00 bits per heavy atom. The number of carbonyl (C=O) groups is 1. The number of hydrogen-bond donors (Lipinski definition) is 2. The minimum Gasteiger partial charge on any atom is -0.349 e. The zero-order chi connectivity index (χ0) is 13.2. The highest BCUT2D eigenvalue weighted by Crippen LogP contribution is 2.32. The van der Waals surface area contributed by atoms with E-state index in [2.05, 4.69) is 10.3 Å². The smallest absolute Gasteiger partial charge is 0.252 e. The topological polar surface area (TPSA) is 62.0 Å². The molecule has 1 fully saturated rings. The van der Waals surface area contributed by atoms with Crippen molar-refractivity contribution in [2.45, 2.75) is 37.6 Å². The number of aromatic nitrogens is 1. The Balaban J connectivity index is 1.92. The second kappa shape index (κ2) is 4.88. The predicted octanol–water partition coefficient (Wildman–Crippen LogP) is 1.68. The lowest BCUT2D eigenvalue weighted by Gasteiger charge is -2.28. The molecule has 0 aromatic carbocycles. The van der Waals surface area contributed by atoms with Crippen LogP contribution in [0.15, 0.2) is 23.1 Å². The number of halogens is 2. The Bertz CT molecular complexity index is 469. The third kappa shape index (κ3) is 3.15. The van der Waals surface area contributed by atoms with Crippen molar-refractivity contribution in [1.82, 2.24) is 10.3 Å². The molecular formula is C12H14F2N2O2. The molecule has 0 unspecified atom stereocenters. The van der Waals surface area contributed by atoms with E-state index in [0.717, 1.165) is 0 Å². The number of pyridine rings is 1. The van der Waals surface area contributed by atoms with Crippen molar-refractivity contribution in [3.05, 3.63) is 34.2 Å². The van der Waals surface area contributed by atoms with E-state index < -0.39 is 5.92 Å². The van der Waals surface area contributed by atoms with Gasteiger partial charge in [-0.15, -0.1) is 0 Å². The van der Waals surface area contributed by atoms with Gasteiger partial charge in [-0.2, -0.15) is 0 Å². The Morgan fingerprint density at radius 3 is 2.56 bits per heavy atom. The lowest BCUT2D eigenvalue weighted by atomic mass is 9.92. The van der Waals surface area contributed by atoms with Gasteiger partial charge in [0, 0.05) is 31.1 Å². The van der Waals surface area contributed by atoms with Gasteiger partial charge in [-0.05, 0) is 18.9 Å². The van der Waals surface area contributed by atoms with Gasteiger partial charge in [0.25, 0.3) is 5.91 Å². The number of hydrogen-bond acceptors (Lipinski definition) is 2. The average Bonchev–Trinajstić information content (AvgIpc) is 2.33. The van der Waals surface area contributed by atoms with Crippen molar-refractivity contribution in [2.75, 3.05) is 0 Å². The Labute approximate surface area is 102 Å². The van der Waals surface area contributed by atoms with Crippen LogP contribution in [0.2, 0.25) is 0 Å². The summed E-state index contributed by atoms with van der Waals surface area (Å²) < 4.78 is 25.9. The standard InChI is InChI=1S/C12H14F2N2O2/c13-12(14)5-3-9(4-6-12)16-11(18)8-1-2-10(17)15-7-8/h1-2,7,9H,3-6H2,(H,15,17)(H,16,18). The van der Waals surface area contributed by atoms with E-state index in [1.165, 1.54) is 18.3 Å². The fourth-order valence-corrected chi connectivity index (χ4v) is 2.01. The Morgan fingerprint density at radius 1 is 1.33 bits per heavy atom. The first kappa shape index (κ1) is 12.7. The summed E-state index contributed by atoms with van der Waals surface area (Å²) in [7, 11) is 0. The summed E-state index contributed by atoms with van der Waals surface area (Å²) in [5, 5.41) is 2.70. The number of amides is 1. The third-order valence-electron chi connectivity index (χ3n) is 3.10. The summed E-state index contributed by atoms with van der Waals surface area (Å²) in [5.41, 5.74) is 0.0378. The molecule has 6 heteroatoms. The van der Waals surface area contributed by atoms with Gasteiger partial charge in [0.1, 0.15) is 0 Å². The van der Waals surface area contributed by atoms with E-state index in [1.54, 1.807) is 0 Å². The van der Waals surface area contributed by atoms with Gasteiger partial charge in [-0.3, -0.25) is 9.59 Å². The van der Waals surface area contributed by atoms with E-state index in [0.29, 0.717) is 5.56 Å². The van der Waals surface area contributed by atoms with Crippen molar-refractivity contribution in [3.63, 3.8) is 0 Å². The number of carbonyl (C=O) groups excluding carboxylic acids is 1. The molecule has 0 bridgehead atoms. The molecule has 0 spiro atoms. The number of aromatic amines is 1. The minimum absolute atomic E-state index is 0.191. The molecule has 1 aromatic rings. The molecule has 1 aromatic heterocycles. The van der Waals surface area contributed by atoms with Gasteiger partial charge in [-0.1, -0.05) is 0 Å². The summed E-state index contributed by atoms with van der Waals surface area (Å²) in [6.07, 6.45) is 1.49. The van der Waals surface area contributed by atoms with Gasteiger partial charge in [-0.25, -0.2) is 8.78 Å². The number of rotatable bonds is 2. The van der Waals surface area contributed by atoms with Crippen molar-refractivity contribution in [2.24, 2.45) is 0 Å². The summed E-state index contributed by atoms with van der Waals surface area (Å²) >= 11 is 0. The highest BCUT2D eigenvalue weighted by Gasteiger charge is 2.35. The second-order valence-corrected chi connectivity index (χ2v) is 4.55. The number of nitrogens with one attached hydrogen (secondary N) is 2. The first-order valence-electron chi connectivity index (χ1n) is 5.84. The fraction of sp³-hybridized carbons (Fsp3) is 0.500. The maximum Gasteiger partial charge on any atom is 0.252 e. The van der Waals surface area contributed by atoms with Crippen LogP contribution in [0.5, 0.6) is 0 Å². The highest BCUT2D eigenvalue weighted by atomic mass is 19.3. The molecule has 0 saturated heterocycles. The van der Waals surface area contributed by atoms with Crippen LogP contribution in [0.1, 0.15) is 36.0 Å². The monoisotopic (exact) mass is 256 g/mol. The first-order valence-corrected chi connectivity index (χ1v) is 5.84. The molecule has 98 valence electrons. The molecule has 1 amide bonds. The van der Waals surface area contributed by atoms with Crippen LogP contribution in [0.25, 0.3) is 0 Å². The molecule has 18 heavy (non-hydrogen) atoms. The van der Waals surface area contributed by atoms with E-state index in [1.807, 2.05) is 0 Å². The van der Waals surface area contributed by atoms with Crippen LogP contribution in [-0.4, -0.2) is 22.9 Å². The minimum atomic E-state index is -2.60. The molecule has 2 rings (SSSR count). The van der Waals surface area contributed by atoms with Gasteiger partial charge >= 0.3 is 0 Å². The Kier molecular flexibility index (Phi) is 3.45. The molecule has 1 aliphatic carbocycles. The molecule has 4 nitrogen and oxygen atoms in total. The van der Waals surface area contributed by atoms with E-state index in [9.17, 15) is 18.4 Å². The zero-order valence-electron chi connectivity index (χ0n) is 9.71.